The molecule has 0 aliphatic rings. The molecule has 174 valence electrons. The van der Waals surface area contributed by atoms with Gasteiger partial charge in [0.15, 0.2) is 11.6 Å². The Morgan fingerprint density at radius 2 is 1.77 bits per heavy atom. The van der Waals surface area contributed by atoms with Crippen molar-refractivity contribution in [3.63, 3.8) is 0 Å². The summed E-state index contributed by atoms with van der Waals surface area (Å²) >= 11 is 0. The second-order valence-electron chi connectivity index (χ2n) is 8.16. The molecule has 0 spiro atoms. The summed E-state index contributed by atoms with van der Waals surface area (Å²) in [5.41, 5.74) is 3.71. The Bertz CT molecular complexity index is 1610. The van der Waals surface area contributed by atoms with E-state index in [0.717, 1.165) is 39.7 Å². The number of carbonyl (C=O) groups is 1. The number of H-pyrrole nitrogens is 1. The number of aromatic amines is 1. The first kappa shape index (κ1) is 22.2. The SMILES string of the molecule is O=C(NCc1cccc(-c2ccc3[nH]ncc3c2)c1)c1cccn(Cc2ccc(F)c(F)c2)c1=O. The maximum Gasteiger partial charge on any atom is 0.263 e. The number of hydrogen-bond acceptors (Lipinski definition) is 3. The van der Waals surface area contributed by atoms with Gasteiger partial charge in [-0.15, -0.1) is 0 Å². The number of carbonyl (C=O) groups excluding carboxylic acids is 1. The number of pyridine rings is 1. The van der Waals surface area contributed by atoms with Gasteiger partial charge in [0, 0.05) is 18.1 Å². The quantitative estimate of drug-likeness (QED) is 0.379. The van der Waals surface area contributed by atoms with E-state index in [2.05, 4.69) is 15.5 Å². The fourth-order valence-electron chi connectivity index (χ4n) is 3.93. The monoisotopic (exact) mass is 470 g/mol. The molecule has 1 amide bonds. The van der Waals surface area contributed by atoms with Gasteiger partial charge in [0.2, 0.25) is 0 Å². The van der Waals surface area contributed by atoms with E-state index in [4.69, 9.17) is 0 Å². The fourth-order valence-corrected chi connectivity index (χ4v) is 3.93. The van der Waals surface area contributed by atoms with Gasteiger partial charge in [-0.05, 0) is 64.7 Å². The summed E-state index contributed by atoms with van der Waals surface area (Å²) in [5, 5.41) is 10.8. The van der Waals surface area contributed by atoms with Crippen LogP contribution in [0.3, 0.4) is 0 Å². The van der Waals surface area contributed by atoms with Gasteiger partial charge < -0.3 is 9.88 Å². The third kappa shape index (κ3) is 4.72. The molecule has 5 aromatic rings. The molecule has 35 heavy (non-hydrogen) atoms. The Kier molecular flexibility index (Phi) is 5.93. The first-order chi connectivity index (χ1) is 17.0. The lowest BCUT2D eigenvalue weighted by Gasteiger charge is -2.10. The molecule has 0 bridgehead atoms. The normalized spacial score (nSPS) is 11.0. The van der Waals surface area contributed by atoms with Crippen molar-refractivity contribution >= 4 is 16.8 Å². The van der Waals surface area contributed by atoms with Gasteiger partial charge >= 0.3 is 0 Å². The predicted molar refractivity (Wildman–Crippen MR) is 129 cm³/mol. The van der Waals surface area contributed by atoms with E-state index in [1.54, 1.807) is 12.3 Å². The number of nitrogens with zero attached hydrogens (tertiary/aromatic N) is 2. The lowest BCUT2D eigenvalue weighted by molar-refractivity contribution is 0.0949. The zero-order valence-electron chi connectivity index (χ0n) is 18.5. The van der Waals surface area contributed by atoms with Crippen LogP contribution in [0.25, 0.3) is 22.0 Å². The van der Waals surface area contributed by atoms with Crippen molar-refractivity contribution in [1.82, 2.24) is 20.1 Å². The van der Waals surface area contributed by atoms with E-state index in [0.29, 0.717) is 5.56 Å². The van der Waals surface area contributed by atoms with Crippen LogP contribution in [-0.4, -0.2) is 20.7 Å². The van der Waals surface area contributed by atoms with Crippen LogP contribution >= 0.6 is 0 Å². The molecule has 0 aliphatic heterocycles. The molecule has 8 heteroatoms. The lowest BCUT2D eigenvalue weighted by atomic mass is 10.0. The smallest absolute Gasteiger partial charge is 0.263 e. The average molecular weight is 470 g/mol. The molecule has 3 aromatic carbocycles. The summed E-state index contributed by atoms with van der Waals surface area (Å²) in [6.07, 6.45) is 3.27. The minimum Gasteiger partial charge on any atom is -0.348 e. The molecule has 0 fully saturated rings. The zero-order valence-corrected chi connectivity index (χ0v) is 18.5. The Hall–Kier alpha value is -4.59. The van der Waals surface area contributed by atoms with Crippen LogP contribution in [-0.2, 0) is 13.1 Å². The van der Waals surface area contributed by atoms with Crippen molar-refractivity contribution < 1.29 is 13.6 Å². The van der Waals surface area contributed by atoms with Gasteiger partial charge in [0.1, 0.15) is 5.56 Å². The number of aromatic nitrogens is 3. The first-order valence-corrected chi connectivity index (χ1v) is 10.9. The third-order valence-corrected chi connectivity index (χ3v) is 5.76. The van der Waals surface area contributed by atoms with Crippen molar-refractivity contribution in [1.29, 1.82) is 0 Å². The summed E-state index contributed by atoms with van der Waals surface area (Å²) in [4.78, 5) is 25.6. The molecule has 0 unspecified atom stereocenters. The molecule has 2 N–H and O–H groups in total. The van der Waals surface area contributed by atoms with Gasteiger partial charge in [-0.1, -0.05) is 30.3 Å². The third-order valence-electron chi connectivity index (χ3n) is 5.76. The number of nitrogens with one attached hydrogen (secondary N) is 2. The predicted octanol–water partition coefficient (Wildman–Crippen LogP) is 4.65. The Morgan fingerprint density at radius 3 is 2.63 bits per heavy atom. The molecule has 0 atom stereocenters. The number of hydrogen-bond donors (Lipinski definition) is 2. The number of benzene rings is 3. The molecule has 2 heterocycles. The minimum absolute atomic E-state index is 0.0141. The topological polar surface area (TPSA) is 79.8 Å². The van der Waals surface area contributed by atoms with Crippen molar-refractivity contribution in [2.45, 2.75) is 13.1 Å². The second-order valence-corrected chi connectivity index (χ2v) is 8.16. The van der Waals surface area contributed by atoms with Crippen LogP contribution in [0.4, 0.5) is 8.78 Å². The lowest BCUT2D eigenvalue weighted by Crippen LogP contribution is -2.32. The molecule has 6 nitrogen and oxygen atoms in total. The molecule has 0 aliphatic carbocycles. The van der Waals surface area contributed by atoms with Gasteiger partial charge in [-0.3, -0.25) is 14.7 Å². The van der Waals surface area contributed by atoms with E-state index in [-0.39, 0.29) is 18.7 Å². The van der Waals surface area contributed by atoms with Crippen molar-refractivity contribution in [2.24, 2.45) is 0 Å². The Morgan fingerprint density at radius 1 is 0.914 bits per heavy atom. The molecule has 0 saturated carbocycles. The standard InChI is InChI=1S/C27H20F2N4O2/c28-23-8-6-18(12-24(23)29)16-33-10-2-5-22(27(33)35)26(34)30-14-17-3-1-4-19(11-17)20-7-9-25-21(13-20)15-31-32-25/h1-13,15H,14,16H2,(H,30,34)(H,31,32). The average Bonchev–Trinajstić information content (AvgIpc) is 3.34. The molecular formula is C27H20F2N4O2. The number of fused-ring (bicyclic) bond motifs is 1. The van der Waals surface area contributed by atoms with Crippen LogP contribution in [0.15, 0.2) is 90.0 Å². The van der Waals surface area contributed by atoms with E-state index in [1.807, 2.05) is 42.5 Å². The minimum atomic E-state index is -0.989. The highest BCUT2D eigenvalue weighted by Gasteiger charge is 2.13. The van der Waals surface area contributed by atoms with E-state index in [9.17, 15) is 18.4 Å². The summed E-state index contributed by atoms with van der Waals surface area (Å²) in [6.45, 7) is 0.248. The van der Waals surface area contributed by atoms with E-state index >= 15 is 0 Å². The molecule has 0 radical (unpaired) electrons. The molecule has 2 aromatic heterocycles. The van der Waals surface area contributed by atoms with Crippen molar-refractivity contribution in [2.75, 3.05) is 0 Å². The van der Waals surface area contributed by atoms with Crippen LogP contribution in [0.5, 0.6) is 0 Å². The first-order valence-electron chi connectivity index (χ1n) is 10.9. The zero-order chi connectivity index (χ0) is 24.4. The van der Waals surface area contributed by atoms with Crippen LogP contribution in [0.2, 0.25) is 0 Å². The second kappa shape index (κ2) is 9.34. The summed E-state index contributed by atoms with van der Waals surface area (Å²) in [5.74, 6) is -2.46. The van der Waals surface area contributed by atoms with Crippen LogP contribution in [0.1, 0.15) is 21.5 Å². The summed E-state index contributed by atoms with van der Waals surface area (Å²) in [7, 11) is 0. The Balaban J connectivity index is 1.30. The van der Waals surface area contributed by atoms with Crippen LogP contribution in [0, 0.1) is 11.6 Å². The maximum absolute atomic E-state index is 13.5. The molecule has 5 rings (SSSR count). The van der Waals surface area contributed by atoms with Gasteiger partial charge in [-0.2, -0.15) is 5.10 Å². The van der Waals surface area contributed by atoms with Gasteiger partial charge in [0.05, 0.1) is 18.3 Å². The number of amides is 1. The van der Waals surface area contributed by atoms with Crippen molar-refractivity contribution in [3.8, 4) is 11.1 Å². The highest BCUT2D eigenvalue weighted by atomic mass is 19.2. The Labute approximate surface area is 198 Å². The highest BCUT2D eigenvalue weighted by Crippen LogP contribution is 2.24. The van der Waals surface area contributed by atoms with Crippen molar-refractivity contribution in [3.05, 3.63) is 124 Å². The van der Waals surface area contributed by atoms with E-state index in [1.165, 1.54) is 22.9 Å². The number of halogens is 2. The van der Waals surface area contributed by atoms with Gasteiger partial charge in [-0.25, -0.2) is 8.78 Å². The van der Waals surface area contributed by atoms with Crippen LogP contribution < -0.4 is 10.9 Å². The fraction of sp³-hybridized carbons (Fsp3) is 0.0741. The number of rotatable bonds is 6. The van der Waals surface area contributed by atoms with Gasteiger partial charge in [0.25, 0.3) is 11.5 Å². The summed E-state index contributed by atoms with van der Waals surface area (Å²) < 4.78 is 28.0. The van der Waals surface area contributed by atoms with E-state index < -0.39 is 23.1 Å². The summed E-state index contributed by atoms with van der Waals surface area (Å²) in [6, 6.07) is 20.2. The largest absolute Gasteiger partial charge is 0.348 e. The molecular weight excluding hydrogens is 450 g/mol. The highest BCUT2D eigenvalue weighted by molar-refractivity contribution is 5.93. The molecule has 0 saturated heterocycles. The maximum atomic E-state index is 13.5.